The highest BCUT2D eigenvalue weighted by Crippen LogP contribution is 2.43. The summed E-state index contributed by atoms with van der Waals surface area (Å²) in [5.74, 6) is 0. The van der Waals surface area contributed by atoms with Crippen molar-refractivity contribution >= 4 is 10.8 Å². The Hall–Kier alpha value is -1.41. The third-order valence-corrected chi connectivity index (χ3v) is 4.75. The normalized spacial score (nSPS) is 17.3. The molecular weight excluding hydrogens is 232 g/mol. The van der Waals surface area contributed by atoms with Gasteiger partial charge >= 0.3 is 0 Å². The van der Waals surface area contributed by atoms with E-state index in [1.165, 1.54) is 42.0 Å². The average Bonchev–Trinajstić information content (AvgIpc) is 2.42. The summed E-state index contributed by atoms with van der Waals surface area (Å²) in [5, 5.41) is 6.22. The molecule has 0 saturated heterocycles. The van der Waals surface area contributed by atoms with Gasteiger partial charge in [-0.1, -0.05) is 31.5 Å². The molecule has 1 aliphatic rings. The number of benzene rings is 1. The molecule has 2 heteroatoms. The van der Waals surface area contributed by atoms with E-state index in [1.54, 1.807) is 0 Å². The first kappa shape index (κ1) is 12.6. The lowest BCUT2D eigenvalue weighted by atomic mass is 9.67. The van der Waals surface area contributed by atoms with Crippen molar-refractivity contribution in [3.8, 4) is 0 Å². The van der Waals surface area contributed by atoms with Crippen molar-refractivity contribution < 1.29 is 0 Å². The van der Waals surface area contributed by atoms with Crippen LogP contribution >= 0.6 is 0 Å². The first-order valence-electron chi connectivity index (χ1n) is 7.35. The fraction of sp³-hybridized carbons (Fsp3) is 0.471. The molecule has 0 unspecified atom stereocenters. The number of nitrogens with zero attached hydrogens (tertiary/aromatic N) is 1. The Bertz CT molecular complexity index is 547. The van der Waals surface area contributed by atoms with Crippen LogP contribution in [0.2, 0.25) is 0 Å². The summed E-state index contributed by atoms with van der Waals surface area (Å²) < 4.78 is 0. The van der Waals surface area contributed by atoms with Crippen molar-refractivity contribution in [3.05, 3.63) is 42.2 Å². The lowest BCUT2D eigenvalue weighted by molar-refractivity contribution is 0.124. The molecule has 19 heavy (non-hydrogen) atoms. The maximum atomic E-state index is 4.19. The quantitative estimate of drug-likeness (QED) is 0.875. The van der Waals surface area contributed by atoms with Gasteiger partial charge in [0.1, 0.15) is 0 Å². The van der Waals surface area contributed by atoms with Crippen molar-refractivity contribution in [2.45, 2.75) is 39.2 Å². The van der Waals surface area contributed by atoms with Crippen molar-refractivity contribution in [1.82, 2.24) is 10.3 Å². The molecule has 2 nitrogen and oxygen atoms in total. The Morgan fingerprint density at radius 1 is 1.26 bits per heavy atom. The summed E-state index contributed by atoms with van der Waals surface area (Å²) in [4.78, 5) is 4.19. The van der Waals surface area contributed by atoms with Crippen LogP contribution in [0.1, 0.15) is 38.2 Å². The van der Waals surface area contributed by atoms with Crippen LogP contribution in [-0.2, 0) is 6.54 Å². The summed E-state index contributed by atoms with van der Waals surface area (Å²) in [6.07, 6.45) is 9.34. The predicted molar refractivity (Wildman–Crippen MR) is 80.0 cm³/mol. The second-order valence-electron chi connectivity index (χ2n) is 5.82. The molecule has 3 rings (SSSR count). The number of rotatable bonds is 5. The van der Waals surface area contributed by atoms with Crippen molar-refractivity contribution in [3.63, 3.8) is 0 Å². The number of hydrogen-bond acceptors (Lipinski definition) is 2. The minimum absolute atomic E-state index is 0.589. The molecule has 0 spiro atoms. The molecule has 2 aromatic rings. The highest BCUT2D eigenvalue weighted by Gasteiger charge is 2.34. The minimum Gasteiger partial charge on any atom is -0.312 e. The van der Waals surface area contributed by atoms with Gasteiger partial charge in [-0.05, 0) is 41.7 Å². The van der Waals surface area contributed by atoms with E-state index in [0.29, 0.717) is 5.41 Å². The highest BCUT2D eigenvalue weighted by molar-refractivity contribution is 5.84. The van der Waals surface area contributed by atoms with Crippen LogP contribution in [-0.4, -0.2) is 11.5 Å². The number of nitrogens with one attached hydrogen (secondary N) is 1. The maximum Gasteiger partial charge on any atom is 0.0346 e. The van der Waals surface area contributed by atoms with Crippen molar-refractivity contribution in [2.75, 3.05) is 6.54 Å². The Morgan fingerprint density at radius 3 is 2.89 bits per heavy atom. The smallest absolute Gasteiger partial charge is 0.0346 e. The van der Waals surface area contributed by atoms with Crippen LogP contribution in [0.3, 0.4) is 0 Å². The predicted octanol–water partition coefficient (Wildman–Crippen LogP) is 3.90. The van der Waals surface area contributed by atoms with Gasteiger partial charge in [-0.3, -0.25) is 4.98 Å². The van der Waals surface area contributed by atoms with E-state index < -0.39 is 0 Å². The zero-order valence-corrected chi connectivity index (χ0v) is 11.7. The van der Waals surface area contributed by atoms with Gasteiger partial charge in [-0.25, -0.2) is 0 Å². The molecule has 0 atom stereocenters. The van der Waals surface area contributed by atoms with Crippen LogP contribution in [0.25, 0.3) is 10.8 Å². The largest absolute Gasteiger partial charge is 0.312 e. The number of aromatic nitrogens is 1. The third-order valence-electron chi connectivity index (χ3n) is 4.75. The molecule has 0 amide bonds. The van der Waals surface area contributed by atoms with E-state index in [2.05, 4.69) is 41.5 Å². The Morgan fingerprint density at radius 2 is 2.16 bits per heavy atom. The Balaban J connectivity index is 1.68. The summed E-state index contributed by atoms with van der Waals surface area (Å²) >= 11 is 0. The van der Waals surface area contributed by atoms with E-state index in [9.17, 15) is 0 Å². The molecule has 1 saturated carbocycles. The monoisotopic (exact) mass is 254 g/mol. The van der Waals surface area contributed by atoms with Crippen LogP contribution in [0.15, 0.2) is 36.7 Å². The summed E-state index contributed by atoms with van der Waals surface area (Å²) in [5.41, 5.74) is 1.97. The molecular formula is C17H22N2. The van der Waals surface area contributed by atoms with E-state index in [0.717, 1.165) is 13.1 Å². The van der Waals surface area contributed by atoms with E-state index in [1.807, 2.05) is 12.4 Å². The third kappa shape index (κ3) is 2.50. The van der Waals surface area contributed by atoms with Gasteiger partial charge in [-0.2, -0.15) is 0 Å². The van der Waals surface area contributed by atoms with Crippen molar-refractivity contribution in [2.24, 2.45) is 5.41 Å². The molecule has 0 aliphatic heterocycles. The average molecular weight is 254 g/mol. The molecule has 1 fully saturated rings. The van der Waals surface area contributed by atoms with Gasteiger partial charge in [0.25, 0.3) is 0 Å². The molecule has 1 aromatic carbocycles. The molecule has 0 bridgehead atoms. The van der Waals surface area contributed by atoms with Crippen LogP contribution in [0.5, 0.6) is 0 Å². The highest BCUT2D eigenvalue weighted by atomic mass is 14.9. The first-order chi connectivity index (χ1) is 9.33. The molecule has 0 radical (unpaired) electrons. The zero-order chi connectivity index (χ0) is 13.1. The fourth-order valence-corrected chi connectivity index (χ4v) is 3.14. The van der Waals surface area contributed by atoms with Crippen LogP contribution in [0.4, 0.5) is 0 Å². The maximum absolute atomic E-state index is 4.19. The molecule has 1 aromatic heterocycles. The Kier molecular flexibility index (Phi) is 3.52. The summed E-state index contributed by atoms with van der Waals surface area (Å²) in [7, 11) is 0. The van der Waals surface area contributed by atoms with E-state index in [-0.39, 0.29) is 0 Å². The molecule has 1 heterocycles. The molecule has 100 valence electrons. The molecule has 1 aliphatic carbocycles. The lowest BCUT2D eigenvalue weighted by Crippen LogP contribution is -2.39. The minimum atomic E-state index is 0.589. The van der Waals surface area contributed by atoms with Crippen LogP contribution in [0, 0.1) is 5.41 Å². The van der Waals surface area contributed by atoms with Crippen LogP contribution < -0.4 is 5.32 Å². The van der Waals surface area contributed by atoms with Gasteiger partial charge in [0.15, 0.2) is 0 Å². The molecule has 1 N–H and O–H groups in total. The standard InChI is InChI=1S/C17H22N2/c1-2-17(8-4-9-17)13-19-12-15-6-3-5-14-11-18-10-7-16(14)15/h3,5-7,10-11,19H,2,4,8-9,12-13H2,1H3. The summed E-state index contributed by atoms with van der Waals surface area (Å²) in [6, 6.07) is 8.59. The van der Waals surface area contributed by atoms with Gasteiger partial charge < -0.3 is 5.32 Å². The lowest BCUT2D eigenvalue weighted by Gasteiger charge is -2.41. The second-order valence-corrected chi connectivity index (χ2v) is 5.82. The van der Waals surface area contributed by atoms with Gasteiger partial charge in [0.2, 0.25) is 0 Å². The SMILES string of the molecule is CCC1(CNCc2cccc3cnccc23)CCC1. The number of hydrogen-bond donors (Lipinski definition) is 1. The first-order valence-corrected chi connectivity index (χ1v) is 7.35. The fourth-order valence-electron chi connectivity index (χ4n) is 3.14. The van der Waals surface area contributed by atoms with E-state index in [4.69, 9.17) is 0 Å². The second kappa shape index (κ2) is 5.30. The van der Waals surface area contributed by atoms with Gasteiger partial charge in [-0.15, -0.1) is 0 Å². The summed E-state index contributed by atoms with van der Waals surface area (Å²) in [6.45, 7) is 4.44. The Labute approximate surface area is 115 Å². The zero-order valence-electron chi connectivity index (χ0n) is 11.7. The van der Waals surface area contributed by atoms with Gasteiger partial charge in [0.05, 0.1) is 0 Å². The van der Waals surface area contributed by atoms with Crippen molar-refractivity contribution in [1.29, 1.82) is 0 Å². The number of pyridine rings is 1. The van der Waals surface area contributed by atoms with Gasteiger partial charge in [0, 0.05) is 30.9 Å². The number of fused-ring (bicyclic) bond motifs is 1. The topological polar surface area (TPSA) is 24.9 Å². The van der Waals surface area contributed by atoms with E-state index >= 15 is 0 Å².